The number of nitrogens with zero attached hydrogens (tertiary/aromatic N) is 1. The van der Waals surface area contributed by atoms with Gasteiger partial charge in [0.25, 0.3) is 0 Å². The highest BCUT2D eigenvalue weighted by Crippen LogP contribution is 2.19. The number of likely N-dealkylation sites (tertiary alicyclic amines) is 1. The van der Waals surface area contributed by atoms with Crippen molar-refractivity contribution >= 4 is 10.0 Å². The SMILES string of the molecule is COCCN1CCC(CNS(=O)(=O)c2ccc(F)cc2C)CC1. The van der Waals surface area contributed by atoms with E-state index in [9.17, 15) is 12.8 Å². The molecule has 1 aromatic carbocycles. The molecule has 1 fully saturated rings. The summed E-state index contributed by atoms with van der Waals surface area (Å²) < 4.78 is 45.6. The zero-order chi connectivity index (χ0) is 16.9. The van der Waals surface area contributed by atoms with E-state index >= 15 is 0 Å². The lowest BCUT2D eigenvalue weighted by Gasteiger charge is -2.31. The molecule has 0 bridgehead atoms. The van der Waals surface area contributed by atoms with Crippen LogP contribution in [0.1, 0.15) is 18.4 Å². The maximum Gasteiger partial charge on any atom is 0.240 e. The van der Waals surface area contributed by atoms with Crippen LogP contribution in [0.2, 0.25) is 0 Å². The summed E-state index contributed by atoms with van der Waals surface area (Å²) in [7, 11) is -1.89. The highest BCUT2D eigenvalue weighted by Gasteiger charge is 2.22. The molecule has 0 amide bonds. The normalized spacial score (nSPS) is 17.5. The van der Waals surface area contributed by atoms with Crippen molar-refractivity contribution < 1.29 is 17.5 Å². The van der Waals surface area contributed by atoms with E-state index in [2.05, 4.69) is 9.62 Å². The van der Waals surface area contributed by atoms with Crippen LogP contribution in [0.3, 0.4) is 0 Å². The Bertz CT molecular complexity index is 614. The van der Waals surface area contributed by atoms with Gasteiger partial charge in [-0.1, -0.05) is 0 Å². The van der Waals surface area contributed by atoms with E-state index in [0.717, 1.165) is 39.1 Å². The number of halogens is 1. The first-order chi connectivity index (χ1) is 10.9. The van der Waals surface area contributed by atoms with Gasteiger partial charge in [-0.15, -0.1) is 0 Å². The summed E-state index contributed by atoms with van der Waals surface area (Å²) in [5.74, 6) is -0.0887. The average molecular weight is 344 g/mol. The van der Waals surface area contributed by atoms with E-state index in [-0.39, 0.29) is 4.90 Å². The summed E-state index contributed by atoms with van der Waals surface area (Å²) in [5.41, 5.74) is 0.423. The minimum Gasteiger partial charge on any atom is -0.383 e. The van der Waals surface area contributed by atoms with Gasteiger partial charge in [0.2, 0.25) is 10.0 Å². The van der Waals surface area contributed by atoms with Crippen LogP contribution in [0.25, 0.3) is 0 Å². The van der Waals surface area contributed by atoms with Crippen molar-refractivity contribution in [2.45, 2.75) is 24.7 Å². The summed E-state index contributed by atoms with van der Waals surface area (Å²) in [6.07, 6.45) is 1.93. The first-order valence-electron chi connectivity index (χ1n) is 7.89. The van der Waals surface area contributed by atoms with Gasteiger partial charge in [-0.25, -0.2) is 17.5 Å². The standard InChI is InChI=1S/C16H25FN2O3S/c1-13-11-15(17)3-4-16(13)23(20,21)18-12-14-5-7-19(8-6-14)9-10-22-2/h3-4,11,14,18H,5-10,12H2,1-2H3. The molecule has 0 spiro atoms. The van der Waals surface area contributed by atoms with Crippen molar-refractivity contribution in [3.05, 3.63) is 29.6 Å². The number of aryl methyl sites for hydroxylation is 1. The molecule has 0 saturated carbocycles. The van der Waals surface area contributed by atoms with Crippen molar-refractivity contribution in [1.82, 2.24) is 9.62 Å². The van der Waals surface area contributed by atoms with Crippen LogP contribution in [-0.4, -0.2) is 53.2 Å². The number of ether oxygens (including phenoxy) is 1. The number of hydrogen-bond acceptors (Lipinski definition) is 4. The van der Waals surface area contributed by atoms with Crippen molar-refractivity contribution in [3.63, 3.8) is 0 Å². The van der Waals surface area contributed by atoms with Gasteiger partial charge in [-0.3, -0.25) is 0 Å². The molecule has 1 aromatic rings. The van der Waals surface area contributed by atoms with Crippen molar-refractivity contribution in [2.24, 2.45) is 5.92 Å². The fourth-order valence-electron chi connectivity index (χ4n) is 2.85. The van der Waals surface area contributed by atoms with Gasteiger partial charge in [-0.05, 0) is 62.5 Å². The van der Waals surface area contributed by atoms with E-state index in [0.29, 0.717) is 18.0 Å². The highest BCUT2D eigenvalue weighted by atomic mass is 32.2. The molecule has 2 rings (SSSR count). The lowest BCUT2D eigenvalue weighted by molar-refractivity contribution is 0.121. The van der Waals surface area contributed by atoms with Crippen LogP contribution >= 0.6 is 0 Å². The predicted molar refractivity (Wildman–Crippen MR) is 87.4 cm³/mol. The lowest BCUT2D eigenvalue weighted by Crippen LogP contribution is -2.39. The second-order valence-electron chi connectivity index (χ2n) is 6.04. The van der Waals surface area contributed by atoms with Gasteiger partial charge in [0, 0.05) is 20.2 Å². The number of rotatable bonds is 7. The third-order valence-electron chi connectivity index (χ3n) is 4.31. The Morgan fingerprint density at radius 3 is 2.65 bits per heavy atom. The number of piperidine rings is 1. The maximum absolute atomic E-state index is 13.1. The second kappa shape index (κ2) is 8.19. The number of sulfonamides is 1. The Morgan fingerprint density at radius 2 is 2.04 bits per heavy atom. The Balaban J connectivity index is 1.86. The van der Waals surface area contributed by atoms with Crippen LogP contribution < -0.4 is 4.72 Å². The molecule has 0 aliphatic carbocycles. The first kappa shape index (κ1) is 18.3. The Hall–Kier alpha value is -1.02. The van der Waals surface area contributed by atoms with E-state index in [4.69, 9.17) is 4.74 Å². The third kappa shape index (κ3) is 5.24. The molecule has 1 aliphatic rings. The van der Waals surface area contributed by atoms with Crippen LogP contribution in [0, 0.1) is 18.7 Å². The Morgan fingerprint density at radius 1 is 1.35 bits per heavy atom. The van der Waals surface area contributed by atoms with E-state index in [1.807, 2.05) is 0 Å². The van der Waals surface area contributed by atoms with Crippen LogP contribution in [-0.2, 0) is 14.8 Å². The molecule has 0 unspecified atom stereocenters. The Labute approximate surface area is 137 Å². The zero-order valence-corrected chi connectivity index (χ0v) is 14.5. The molecule has 23 heavy (non-hydrogen) atoms. The minimum atomic E-state index is -3.59. The fraction of sp³-hybridized carbons (Fsp3) is 0.625. The fourth-order valence-corrected chi connectivity index (χ4v) is 4.19. The largest absolute Gasteiger partial charge is 0.383 e. The number of hydrogen-bond donors (Lipinski definition) is 1. The van der Waals surface area contributed by atoms with Gasteiger partial charge in [-0.2, -0.15) is 0 Å². The predicted octanol–water partition coefficient (Wildman–Crippen LogP) is 1.77. The zero-order valence-electron chi connectivity index (χ0n) is 13.7. The van der Waals surface area contributed by atoms with Gasteiger partial charge in [0.15, 0.2) is 0 Å². The van der Waals surface area contributed by atoms with Gasteiger partial charge < -0.3 is 9.64 Å². The summed E-state index contributed by atoms with van der Waals surface area (Å²) in [6, 6.07) is 3.74. The highest BCUT2D eigenvalue weighted by molar-refractivity contribution is 7.89. The van der Waals surface area contributed by atoms with Crippen LogP contribution in [0.4, 0.5) is 4.39 Å². The number of benzene rings is 1. The van der Waals surface area contributed by atoms with Crippen LogP contribution in [0.5, 0.6) is 0 Å². The summed E-state index contributed by atoms with van der Waals surface area (Å²) in [5, 5.41) is 0. The summed E-state index contributed by atoms with van der Waals surface area (Å²) >= 11 is 0. The molecule has 0 atom stereocenters. The molecule has 7 heteroatoms. The molecule has 0 aromatic heterocycles. The third-order valence-corrected chi connectivity index (χ3v) is 5.89. The number of methoxy groups -OCH3 is 1. The molecule has 1 heterocycles. The van der Waals surface area contributed by atoms with Gasteiger partial charge in [0.05, 0.1) is 11.5 Å². The quantitative estimate of drug-likeness (QED) is 0.819. The van der Waals surface area contributed by atoms with Gasteiger partial charge in [0.1, 0.15) is 5.82 Å². The van der Waals surface area contributed by atoms with Crippen molar-refractivity contribution in [3.8, 4) is 0 Å². The monoisotopic (exact) mass is 344 g/mol. The minimum absolute atomic E-state index is 0.149. The molecule has 1 saturated heterocycles. The molecule has 1 N–H and O–H groups in total. The summed E-state index contributed by atoms with van der Waals surface area (Å²) in [6.45, 7) is 5.60. The molecule has 130 valence electrons. The molecule has 5 nitrogen and oxygen atoms in total. The Kier molecular flexibility index (Phi) is 6.52. The van der Waals surface area contributed by atoms with E-state index in [1.54, 1.807) is 14.0 Å². The lowest BCUT2D eigenvalue weighted by atomic mass is 9.97. The maximum atomic E-state index is 13.1. The van der Waals surface area contributed by atoms with Crippen molar-refractivity contribution in [1.29, 1.82) is 0 Å². The molecule has 0 radical (unpaired) electrons. The van der Waals surface area contributed by atoms with E-state index < -0.39 is 15.8 Å². The smallest absolute Gasteiger partial charge is 0.240 e. The topological polar surface area (TPSA) is 58.6 Å². The second-order valence-corrected chi connectivity index (χ2v) is 7.77. The molecule has 1 aliphatic heterocycles. The average Bonchev–Trinajstić information content (AvgIpc) is 2.51. The number of nitrogens with one attached hydrogen (secondary N) is 1. The van der Waals surface area contributed by atoms with Crippen molar-refractivity contribution in [2.75, 3.05) is 39.9 Å². The van der Waals surface area contributed by atoms with Crippen LogP contribution in [0.15, 0.2) is 23.1 Å². The first-order valence-corrected chi connectivity index (χ1v) is 9.38. The molecular weight excluding hydrogens is 319 g/mol. The summed E-state index contributed by atoms with van der Waals surface area (Å²) in [4.78, 5) is 2.48. The molecular formula is C16H25FN2O3S. The van der Waals surface area contributed by atoms with Gasteiger partial charge >= 0.3 is 0 Å². The van der Waals surface area contributed by atoms with E-state index in [1.165, 1.54) is 18.2 Å².